The zero-order chi connectivity index (χ0) is 13.3. The number of hydrogen-bond donors (Lipinski definition) is 1. The third-order valence-electron chi connectivity index (χ3n) is 4.25. The van der Waals surface area contributed by atoms with Crippen molar-refractivity contribution in [3.05, 3.63) is 27.1 Å². The second-order valence-corrected chi connectivity index (χ2v) is 6.89. The first kappa shape index (κ1) is 14.4. The molecule has 2 nitrogen and oxygen atoms in total. The number of rotatable bonds is 4. The summed E-state index contributed by atoms with van der Waals surface area (Å²) in [6.45, 7) is 4.53. The minimum Gasteiger partial charge on any atom is -0.489 e. The van der Waals surface area contributed by atoms with Gasteiger partial charge in [-0.1, -0.05) is 29.8 Å². The lowest BCUT2D eigenvalue weighted by molar-refractivity contribution is -0.0680. The Morgan fingerprint density at radius 2 is 2.17 bits per heavy atom. The summed E-state index contributed by atoms with van der Waals surface area (Å²) < 4.78 is 8.23. The maximum Gasteiger partial charge on any atom is 0.134 e. The molecule has 0 aromatic heterocycles. The van der Waals surface area contributed by atoms with E-state index in [9.17, 15) is 0 Å². The van der Waals surface area contributed by atoms with E-state index in [1.807, 2.05) is 25.2 Å². The summed E-state index contributed by atoms with van der Waals surface area (Å²) in [7, 11) is 2.03. The van der Waals surface area contributed by atoms with E-state index >= 15 is 0 Å². The Bertz CT molecular complexity index is 438. The van der Waals surface area contributed by atoms with Gasteiger partial charge in [0, 0.05) is 22.4 Å². The lowest BCUT2D eigenvalue weighted by Gasteiger charge is -2.53. The molecule has 2 rings (SSSR count). The molecule has 0 amide bonds. The van der Waals surface area contributed by atoms with Crippen molar-refractivity contribution in [1.82, 2.24) is 5.32 Å². The Morgan fingerprint density at radius 1 is 1.44 bits per heavy atom. The molecule has 4 heteroatoms. The molecular weight excluding hydrogens is 358 g/mol. The first-order valence-corrected chi connectivity index (χ1v) is 7.89. The van der Waals surface area contributed by atoms with E-state index in [0.29, 0.717) is 6.04 Å². The van der Waals surface area contributed by atoms with Crippen LogP contribution >= 0.6 is 31.9 Å². The van der Waals surface area contributed by atoms with Crippen molar-refractivity contribution in [1.29, 1.82) is 0 Å². The van der Waals surface area contributed by atoms with Crippen molar-refractivity contribution < 1.29 is 4.74 Å². The van der Waals surface area contributed by atoms with Gasteiger partial charge in [0.05, 0.1) is 4.47 Å². The fourth-order valence-corrected chi connectivity index (χ4v) is 3.79. The molecule has 1 N–H and O–H groups in total. The van der Waals surface area contributed by atoms with Gasteiger partial charge in [-0.25, -0.2) is 0 Å². The molecular formula is C14H19Br2NO. The van der Waals surface area contributed by atoms with Crippen LogP contribution in [0.15, 0.2) is 27.1 Å². The molecule has 3 unspecified atom stereocenters. The minimum atomic E-state index is 0.223. The summed E-state index contributed by atoms with van der Waals surface area (Å²) in [6, 6.07) is 6.60. The molecule has 1 fully saturated rings. The van der Waals surface area contributed by atoms with Gasteiger partial charge in [0.25, 0.3) is 0 Å². The summed E-state index contributed by atoms with van der Waals surface area (Å²) in [4.78, 5) is 0. The van der Waals surface area contributed by atoms with Crippen molar-refractivity contribution in [2.24, 2.45) is 5.41 Å². The third kappa shape index (κ3) is 2.47. The Balaban J connectivity index is 2.11. The number of halogens is 2. The van der Waals surface area contributed by atoms with E-state index in [-0.39, 0.29) is 11.5 Å². The quantitative estimate of drug-likeness (QED) is 0.842. The average Bonchev–Trinajstić information content (AvgIpc) is 2.35. The topological polar surface area (TPSA) is 21.3 Å². The van der Waals surface area contributed by atoms with Gasteiger partial charge in [-0.05, 0) is 47.6 Å². The van der Waals surface area contributed by atoms with Crippen LogP contribution in [0.25, 0.3) is 0 Å². The number of benzene rings is 1. The van der Waals surface area contributed by atoms with E-state index in [1.165, 1.54) is 0 Å². The van der Waals surface area contributed by atoms with Gasteiger partial charge < -0.3 is 10.1 Å². The van der Waals surface area contributed by atoms with Gasteiger partial charge in [-0.3, -0.25) is 0 Å². The maximum atomic E-state index is 6.17. The number of ether oxygens (including phenoxy) is 1. The van der Waals surface area contributed by atoms with Crippen LogP contribution in [0.4, 0.5) is 0 Å². The van der Waals surface area contributed by atoms with Gasteiger partial charge in [-0.2, -0.15) is 0 Å². The molecule has 0 aliphatic heterocycles. The zero-order valence-electron chi connectivity index (χ0n) is 11.0. The van der Waals surface area contributed by atoms with Crippen LogP contribution in [-0.4, -0.2) is 19.2 Å². The number of hydrogen-bond acceptors (Lipinski definition) is 2. The van der Waals surface area contributed by atoms with Crippen LogP contribution in [0.2, 0.25) is 0 Å². The average molecular weight is 377 g/mol. The Labute approximate surface area is 126 Å². The summed E-state index contributed by atoms with van der Waals surface area (Å²) in [5.74, 6) is 0.928. The van der Waals surface area contributed by atoms with Crippen molar-refractivity contribution >= 4 is 31.9 Å². The molecule has 1 aromatic rings. The summed E-state index contributed by atoms with van der Waals surface area (Å²) in [5.41, 5.74) is 0.223. The number of nitrogens with one attached hydrogen (secondary N) is 1. The minimum absolute atomic E-state index is 0.223. The third-order valence-corrected chi connectivity index (χ3v) is 5.37. The molecule has 0 radical (unpaired) electrons. The molecule has 18 heavy (non-hydrogen) atoms. The van der Waals surface area contributed by atoms with E-state index < -0.39 is 0 Å². The summed E-state index contributed by atoms with van der Waals surface area (Å²) in [5, 5.41) is 3.38. The molecule has 100 valence electrons. The highest BCUT2D eigenvalue weighted by Crippen LogP contribution is 2.46. The van der Waals surface area contributed by atoms with Crippen LogP contribution in [0, 0.1) is 5.41 Å². The first-order chi connectivity index (χ1) is 8.51. The van der Waals surface area contributed by atoms with Crippen LogP contribution < -0.4 is 10.1 Å². The predicted molar refractivity (Wildman–Crippen MR) is 82.1 cm³/mol. The van der Waals surface area contributed by atoms with E-state index in [0.717, 1.165) is 27.5 Å². The van der Waals surface area contributed by atoms with Crippen LogP contribution in [-0.2, 0) is 0 Å². The van der Waals surface area contributed by atoms with Crippen LogP contribution in [0.1, 0.15) is 26.7 Å². The van der Waals surface area contributed by atoms with Gasteiger partial charge in [0.2, 0.25) is 0 Å². The predicted octanol–water partition coefficient (Wildman–Crippen LogP) is 4.37. The lowest BCUT2D eigenvalue weighted by Crippen LogP contribution is -2.62. The van der Waals surface area contributed by atoms with Gasteiger partial charge in [0.1, 0.15) is 11.9 Å². The van der Waals surface area contributed by atoms with E-state index in [1.54, 1.807) is 0 Å². The summed E-state index contributed by atoms with van der Waals surface area (Å²) >= 11 is 7.00. The summed E-state index contributed by atoms with van der Waals surface area (Å²) in [6.07, 6.45) is 2.48. The van der Waals surface area contributed by atoms with Crippen molar-refractivity contribution in [3.8, 4) is 5.75 Å². The highest BCUT2D eigenvalue weighted by atomic mass is 79.9. The lowest BCUT2D eigenvalue weighted by atomic mass is 9.61. The first-order valence-electron chi connectivity index (χ1n) is 6.30. The van der Waals surface area contributed by atoms with Gasteiger partial charge in [-0.15, -0.1) is 0 Å². The fraction of sp³-hybridized carbons (Fsp3) is 0.571. The molecule has 0 saturated heterocycles. The Morgan fingerprint density at radius 3 is 2.72 bits per heavy atom. The Kier molecular flexibility index (Phi) is 4.40. The second kappa shape index (κ2) is 5.51. The standard InChI is InChI=1S/C14H19Br2NO/c1-4-14(2)12(17-3)8-13(14)18-11-6-5-9(15)7-10(11)16/h5-7,12-13,17H,4,8H2,1-3H3. The van der Waals surface area contributed by atoms with Crippen molar-refractivity contribution in [2.75, 3.05) is 7.05 Å². The van der Waals surface area contributed by atoms with Crippen molar-refractivity contribution in [2.45, 2.75) is 38.8 Å². The molecule has 0 bridgehead atoms. The normalized spacial score (nSPS) is 30.9. The SMILES string of the molecule is CCC1(C)C(NC)CC1Oc1ccc(Br)cc1Br. The van der Waals surface area contributed by atoms with E-state index in [4.69, 9.17) is 4.74 Å². The van der Waals surface area contributed by atoms with Gasteiger partial charge in [0.15, 0.2) is 0 Å². The molecule has 0 heterocycles. The van der Waals surface area contributed by atoms with E-state index in [2.05, 4.69) is 51.0 Å². The van der Waals surface area contributed by atoms with Crippen LogP contribution in [0.3, 0.4) is 0 Å². The highest BCUT2D eigenvalue weighted by molar-refractivity contribution is 9.11. The van der Waals surface area contributed by atoms with Gasteiger partial charge >= 0.3 is 0 Å². The Hall–Kier alpha value is -0.0600. The van der Waals surface area contributed by atoms with Crippen molar-refractivity contribution in [3.63, 3.8) is 0 Å². The zero-order valence-corrected chi connectivity index (χ0v) is 14.1. The van der Waals surface area contributed by atoms with Crippen LogP contribution in [0.5, 0.6) is 5.75 Å². The second-order valence-electron chi connectivity index (χ2n) is 5.12. The molecule has 3 atom stereocenters. The molecule has 1 aliphatic rings. The molecule has 1 aliphatic carbocycles. The molecule has 0 spiro atoms. The highest BCUT2D eigenvalue weighted by Gasteiger charge is 2.51. The monoisotopic (exact) mass is 375 g/mol. The largest absolute Gasteiger partial charge is 0.489 e. The smallest absolute Gasteiger partial charge is 0.134 e. The fourth-order valence-electron chi connectivity index (χ4n) is 2.64. The maximum absolute atomic E-state index is 6.17. The molecule has 1 saturated carbocycles. The molecule has 1 aromatic carbocycles.